The highest BCUT2D eigenvalue weighted by molar-refractivity contribution is 6.09. The molecule has 0 saturated carbocycles. The molecule has 0 spiro atoms. The molecule has 7 N–H and O–H groups in total. The fraction of sp³-hybridized carbons (Fsp3) is 0.213. The lowest BCUT2D eigenvalue weighted by Gasteiger charge is -2.24. The van der Waals surface area contributed by atoms with Gasteiger partial charge in [0.25, 0.3) is 29.3 Å². The largest absolute Gasteiger partial charge is 0.489 e. The number of nitrogens with zero attached hydrogens (tertiary/aromatic N) is 1. The maximum absolute atomic E-state index is 13.6. The van der Waals surface area contributed by atoms with Gasteiger partial charge in [-0.3, -0.25) is 43.7 Å². The van der Waals surface area contributed by atoms with Crippen LogP contribution in [0.25, 0.3) is 0 Å². The fourth-order valence-electron chi connectivity index (χ4n) is 6.19. The van der Waals surface area contributed by atoms with Crippen LogP contribution < -0.4 is 41.8 Å². The summed E-state index contributed by atoms with van der Waals surface area (Å²) in [5.74, 6) is -3.97. The number of benzene rings is 5. The molecule has 0 aliphatic carbocycles. The number of ketones is 1. The van der Waals surface area contributed by atoms with Crippen molar-refractivity contribution >= 4 is 69.7 Å². The summed E-state index contributed by atoms with van der Waals surface area (Å²) in [6.07, 6.45) is -2.18. The van der Waals surface area contributed by atoms with Crippen LogP contribution in [0, 0.1) is 10.1 Å². The van der Waals surface area contributed by atoms with E-state index in [4.69, 9.17) is 19.9 Å². The number of non-ortho nitro benzene ring substituents is 1. The second kappa shape index (κ2) is 21.8. The number of carbonyl (C=O) groups is 7. The predicted molar refractivity (Wildman–Crippen MR) is 244 cm³/mol. The van der Waals surface area contributed by atoms with Crippen LogP contribution in [-0.4, -0.2) is 77.6 Å². The number of hydrogen-bond donors (Lipinski definition) is 6. The minimum absolute atomic E-state index is 0.0405. The van der Waals surface area contributed by atoms with Crippen molar-refractivity contribution in [1.82, 2.24) is 5.32 Å². The summed E-state index contributed by atoms with van der Waals surface area (Å²) in [5.41, 5.74) is 7.41. The van der Waals surface area contributed by atoms with Crippen molar-refractivity contribution in [3.63, 3.8) is 0 Å². The SMILES string of the molecule is COC(C(N)=O)C(NC(=O)c1ccc(NC(=O)c2ccc([N+](=O)[O-])cc2)cc1)C(=O)Nc1ccc(C(=O)Nc2ccc(C(=O)Nc3ccc(C(C)=O)cc3OC(C)C)cc2OC(C)C)cc1. The summed E-state index contributed by atoms with van der Waals surface area (Å²) in [5, 5.41) is 24.2. The van der Waals surface area contributed by atoms with Gasteiger partial charge in [-0.05, 0) is 132 Å². The van der Waals surface area contributed by atoms with Crippen LogP contribution in [0.15, 0.2) is 109 Å². The Kier molecular flexibility index (Phi) is 16.0. The number of nitrogens with one attached hydrogen (secondary N) is 5. The van der Waals surface area contributed by atoms with Crippen LogP contribution in [-0.2, 0) is 14.3 Å². The summed E-state index contributed by atoms with van der Waals surface area (Å²) in [6, 6.07) is 23.8. The first-order valence-electron chi connectivity index (χ1n) is 20.3. The quantitative estimate of drug-likeness (QED) is 0.0300. The van der Waals surface area contributed by atoms with E-state index in [1.165, 1.54) is 97.9 Å². The third kappa shape index (κ3) is 12.8. The minimum Gasteiger partial charge on any atom is -0.489 e. The summed E-state index contributed by atoms with van der Waals surface area (Å²) >= 11 is 0. The summed E-state index contributed by atoms with van der Waals surface area (Å²) in [7, 11) is 1.13. The van der Waals surface area contributed by atoms with Gasteiger partial charge in [-0.15, -0.1) is 0 Å². The molecule has 2 unspecified atom stereocenters. The van der Waals surface area contributed by atoms with Crippen molar-refractivity contribution in [2.75, 3.05) is 28.4 Å². The molecular formula is C47H47N7O12. The Morgan fingerprint density at radius 1 is 0.561 bits per heavy atom. The highest BCUT2D eigenvalue weighted by Crippen LogP contribution is 2.31. The standard InChI is InChI=1S/C47H47N7O12/c1-25(2)65-38-23-31(27(5)55)13-21-36(38)52-46(60)32-14-22-37(39(24-32)66-26(3)4)51-44(58)28-7-17-34(18-8-28)50-47(61)40(41(64-6)42(48)56)53-45(59)29-9-15-33(16-10-29)49-43(57)30-11-19-35(20-12-30)54(62)63/h7-26,40-41H,1-6H3,(H2,48,56)(H,49,57)(H,50,61)(H,51,58)(H,52,60)(H,53,59). The number of ether oxygens (including phenoxy) is 3. The van der Waals surface area contributed by atoms with Crippen LogP contribution in [0.1, 0.15) is 86.4 Å². The molecule has 5 aromatic rings. The summed E-state index contributed by atoms with van der Waals surface area (Å²) in [6.45, 7) is 8.62. The van der Waals surface area contributed by atoms with E-state index in [1.807, 2.05) is 13.8 Å². The molecule has 5 aromatic carbocycles. The van der Waals surface area contributed by atoms with E-state index < -0.39 is 52.5 Å². The second-order valence-corrected chi connectivity index (χ2v) is 15.1. The van der Waals surface area contributed by atoms with Crippen molar-refractivity contribution in [1.29, 1.82) is 0 Å². The number of Topliss-reactive ketones (excluding diaryl/α,β-unsaturated/α-hetero) is 1. The molecular weight excluding hydrogens is 855 g/mol. The number of nitrogens with two attached hydrogens (primary N) is 1. The maximum Gasteiger partial charge on any atom is 0.269 e. The number of anilines is 4. The fourth-order valence-corrected chi connectivity index (χ4v) is 6.19. The van der Waals surface area contributed by atoms with Crippen LogP contribution in [0.2, 0.25) is 0 Å². The Balaban J connectivity index is 1.25. The van der Waals surface area contributed by atoms with Crippen LogP contribution >= 0.6 is 0 Å². The lowest BCUT2D eigenvalue weighted by atomic mass is 10.1. The van der Waals surface area contributed by atoms with E-state index in [2.05, 4.69) is 26.6 Å². The molecule has 0 aromatic heterocycles. The first-order valence-corrected chi connectivity index (χ1v) is 20.3. The number of primary amides is 1. The van der Waals surface area contributed by atoms with E-state index >= 15 is 0 Å². The van der Waals surface area contributed by atoms with Crippen LogP contribution in [0.3, 0.4) is 0 Å². The number of nitro groups is 1. The van der Waals surface area contributed by atoms with E-state index in [-0.39, 0.29) is 68.7 Å². The van der Waals surface area contributed by atoms with Gasteiger partial charge in [-0.1, -0.05) is 0 Å². The molecule has 0 fully saturated rings. The number of amides is 6. The molecule has 0 aliphatic heterocycles. The Labute approximate surface area is 378 Å². The molecule has 66 heavy (non-hydrogen) atoms. The third-order valence-corrected chi connectivity index (χ3v) is 9.42. The number of methoxy groups -OCH3 is 1. The normalized spacial score (nSPS) is 11.7. The van der Waals surface area contributed by atoms with Crippen molar-refractivity contribution in [3.05, 3.63) is 147 Å². The Bertz CT molecular complexity index is 2650. The first kappa shape index (κ1) is 48.6. The van der Waals surface area contributed by atoms with Gasteiger partial charge in [0.2, 0.25) is 11.8 Å². The molecule has 5 rings (SSSR count). The first-order chi connectivity index (χ1) is 31.3. The van der Waals surface area contributed by atoms with Gasteiger partial charge in [-0.2, -0.15) is 0 Å². The zero-order valence-electron chi connectivity index (χ0n) is 36.6. The number of carbonyl (C=O) groups excluding carboxylic acids is 7. The van der Waals surface area contributed by atoms with Gasteiger partial charge < -0.3 is 46.5 Å². The third-order valence-electron chi connectivity index (χ3n) is 9.42. The highest BCUT2D eigenvalue weighted by atomic mass is 16.6. The molecule has 0 radical (unpaired) electrons. The van der Waals surface area contributed by atoms with Crippen molar-refractivity contribution in [2.24, 2.45) is 5.73 Å². The maximum atomic E-state index is 13.6. The van der Waals surface area contributed by atoms with E-state index in [0.29, 0.717) is 17.0 Å². The van der Waals surface area contributed by atoms with Gasteiger partial charge in [0.1, 0.15) is 17.5 Å². The molecule has 2 atom stereocenters. The van der Waals surface area contributed by atoms with Gasteiger partial charge in [0.15, 0.2) is 11.9 Å². The molecule has 19 nitrogen and oxygen atoms in total. The molecule has 19 heteroatoms. The van der Waals surface area contributed by atoms with E-state index in [0.717, 1.165) is 7.11 Å². The molecule has 0 saturated heterocycles. The second-order valence-electron chi connectivity index (χ2n) is 15.1. The smallest absolute Gasteiger partial charge is 0.269 e. The van der Waals surface area contributed by atoms with Crippen molar-refractivity contribution in [3.8, 4) is 11.5 Å². The number of hydrogen-bond acceptors (Lipinski definition) is 12. The van der Waals surface area contributed by atoms with E-state index in [9.17, 15) is 43.7 Å². The molecule has 0 heterocycles. The van der Waals surface area contributed by atoms with Crippen LogP contribution in [0.5, 0.6) is 11.5 Å². The van der Waals surface area contributed by atoms with E-state index in [1.54, 1.807) is 32.0 Å². The van der Waals surface area contributed by atoms with Crippen molar-refractivity contribution < 1.29 is 52.7 Å². The predicted octanol–water partition coefficient (Wildman–Crippen LogP) is 6.37. The average molecular weight is 902 g/mol. The minimum atomic E-state index is -1.63. The lowest BCUT2D eigenvalue weighted by Crippen LogP contribution is -2.56. The summed E-state index contributed by atoms with van der Waals surface area (Å²) in [4.78, 5) is 101. The lowest BCUT2D eigenvalue weighted by molar-refractivity contribution is -0.384. The topological polar surface area (TPSA) is 276 Å². The van der Waals surface area contributed by atoms with Gasteiger partial charge in [0, 0.05) is 58.4 Å². The number of rotatable bonds is 19. The highest BCUT2D eigenvalue weighted by Gasteiger charge is 2.34. The molecule has 0 bridgehead atoms. The van der Waals surface area contributed by atoms with Gasteiger partial charge in [0.05, 0.1) is 28.5 Å². The van der Waals surface area contributed by atoms with Crippen molar-refractivity contribution in [2.45, 2.75) is 59.0 Å². The average Bonchev–Trinajstić information content (AvgIpc) is 3.27. The zero-order valence-corrected chi connectivity index (χ0v) is 36.6. The zero-order chi connectivity index (χ0) is 48.2. The van der Waals surface area contributed by atoms with Gasteiger partial charge >= 0.3 is 0 Å². The Hall–Kier alpha value is -8.45. The monoisotopic (exact) mass is 901 g/mol. The molecule has 0 aliphatic rings. The molecule has 6 amide bonds. The van der Waals surface area contributed by atoms with Crippen LogP contribution in [0.4, 0.5) is 28.4 Å². The Morgan fingerprint density at radius 3 is 1.42 bits per heavy atom. The molecule has 342 valence electrons. The summed E-state index contributed by atoms with van der Waals surface area (Å²) < 4.78 is 17.0. The Morgan fingerprint density at radius 2 is 0.970 bits per heavy atom. The number of nitro benzene ring substituents is 1. The van der Waals surface area contributed by atoms with Gasteiger partial charge in [-0.25, -0.2) is 0 Å².